The molecule has 3 rings (SSSR count). The topological polar surface area (TPSA) is 40.6 Å². The molecule has 0 aliphatic carbocycles. The predicted octanol–water partition coefficient (Wildman–Crippen LogP) is 3.82. The van der Waals surface area contributed by atoms with Gasteiger partial charge in [0.25, 0.3) is 0 Å². The summed E-state index contributed by atoms with van der Waals surface area (Å²) >= 11 is 0. The highest BCUT2D eigenvalue weighted by atomic mass is 19.1. The van der Waals surface area contributed by atoms with Crippen molar-refractivity contribution in [3.05, 3.63) is 35.6 Å². The minimum Gasteiger partial charge on any atom is -0.343 e. The molecule has 0 bridgehead atoms. The first kappa shape index (κ1) is 19.8. The van der Waals surface area contributed by atoms with Crippen LogP contribution in [0.5, 0.6) is 0 Å². The van der Waals surface area contributed by atoms with Crippen LogP contribution in [0, 0.1) is 17.7 Å². The van der Waals surface area contributed by atoms with Crippen LogP contribution in [-0.4, -0.2) is 47.8 Å². The maximum Gasteiger partial charge on any atom is 0.225 e. The van der Waals surface area contributed by atoms with Crippen LogP contribution < -0.4 is 0 Å². The van der Waals surface area contributed by atoms with E-state index in [0.29, 0.717) is 25.4 Å². The molecule has 2 fully saturated rings. The van der Waals surface area contributed by atoms with E-state index in [1.54, 1.807) is 12.1 Å². The van der Waals surface area contributed by atoms with Gasteiger partial charge in [-0.2, -0.15) is 0 Å². The second-order valence-electron chi connectivity index (χ2n) is 8.34. The molecule has 0 radical (unpaired) electrons. The van der Waals surface area contributed by atoms with Crippen molar-refractivity contribution in [2.75, 3.05) is 26.2 Å². The highest BCUT2D eigenvalue weighted by Crippen LogP contribution is 2.26. The largest absolute Gasteiger partial charge is 0.343 e. The average molecular weight is 375 g/mol. The van der Waals surface area contributed by atoms with Crippen LogP contribution in [0.25, 0.3) is 0 Å². The second kappa shape index (κ2) is 8.85. The lowest BCUT2D eigenvalue weighted by Crippen LogP contribution is -2.47. The van der Waals surface area contributed by atoms with Gasteiger partial charge in [0.15, 0.2) is 0 Å². The highest BCUT2D eigenvalue weighted by Gasteiger charge is 2.32. The molecular weight excluding hydrogens is 343 g/mol. The summed E-state index contributed by atoms with van der Waals surface area (Å²) in [6.07, 6.45) is 4.27. The summed E-state index contributed by atoms with van der Waals surface area (Å²) in [5, 5.41) is 0. The lowest BCUT2D eigenvalue weighted by atomic mass is 9.92. The van der Waals surface area contributed by atoms with Gasteiger partial charge in [-0.15, -0.1) is 0 Å². The highest BCUT2D eigenvalue weighted by molar-refractivity contribution is 5.80. The molecule has 2 heterocycles. The normalized spacial score (nSPS) is 22.6. The smallest absolute Gasteiger partial charge is 0.225 e. The van der Waals surface area contributed by atoms with Crippen LogP contribution in [0.4, 0.5) is 4.39 Å². The summed E-state index contributed by atoms with van der Waals surface area (Å²) in [7, 11) is 0. The van der Waals surface area contributed by atoms with Gasteiger partial charge < -0.3 is 9.80 Å². The van der Waals surface area contributed by atoms with Gasteiger partial charge in [-0.1, -0.05) is 26.0 Å². The molecule has 2 aliphatic heterocycles. The van der Waals surface area contributed by atoms with Gasteiger partial charge in [-0.3, -0.25) is 9.59 Å². The van der Waals surface area contributed by atoms with E-state index < -0.39 is 0 Å². The molecule has 1 aromatic rings. The van der Waals surface area contributed by atoms with E-state index in [0.717, 1.165) is 37.9 Å². The summed E-state index contributed by atoms with van der Waals surface area (Å²) in [5.74, 6) is 0.878. The van der Waals surface area contributed by atoms with Crippen LogP contribution in [0.3, 0.4) is 0 Å². The van der Waals surface area contributed by atoms with Crippen LogP contribution in [0.2, 0.25) is 0 Å². The van der Waals surface area contributed by atoms with Crippen molar-refractivity contribution in [1.82, 2.24) is 9.80 Å². The van der Waals surface area contributed by atoms with Gasteiger partial charge >= 0.3 is 0 Å². The molecule has 0 aromatic heterocycles. The van der Waals surface area contributed by atoms with Crippen LogP contribution in [-0.2, 0) is 9.59 Å². The Kier molecular flexibility index (Phi) is 6.51. The fourth-order valence-corrected chi connectivity index (χ4v) is 4.32. The number of benzene rings is 1. The Balaban J connectivity index is 1.47. The summed E-state index contributed by atoms with van der Waals surface area (Å²) in [6, 6.07) is 6.37. The van der Waals surface area contributed by atoms with Crippen molar-refractivity contribution >= 4 is 11.8 Å². The zero-order valence-electron chi connectivity index (χ0n) is 16.5. The summed E-state index contributed by atoms with van der Waals surface area (Å²) in [5.41, 5.74) is 0.981. The maximum absolute atomic E-state index is 13.1. The molecule has 2 amide bonds. The Morgan fingerprint density at radius 3 is 2.37 bits per heavy atom. The summed E-state index contributed by atoms with van der Waals surface area (Å²) in [4.78, 5) is 29.3. The summed E-state index contributed by atoms with van der Waals surface area (Å²) in [6.45, 7) is 7.30. The van der Waals surface area contributed by atoms with Crippen LogP contribution in [0.15, 0.2) is 24.3 Å². The Hall–Kier alpha value is -1.91. The fourth-order valence-electron chi connectivity index (χ4n) is 4.32. The first-order valence-corrected chi connectivity index (χ1v) is 10.3. The lowest BCUT2D eigenvalue weighted by molar-refractivity contribution is -0.142. The van der Waals surface area contributed by atoms with E-state index in [2.05, 4.69) is 6.92 Å². The Bertz CT molecular complexity index is 653. The Morgan fingerprint density at radius 2 is 1.74 bits per heavy atom. The van der Waals surface area contributed by atoms with E-state index in [9.17, 15) is 14.0 Å². The van der Waals surface area contributed by atoms with E-state index in [4.69, 9.17) is 0 Å². The molecule has 1 aromatic carbocycles. The molecule has 5 heteroatoms. The van der Waals surface area contributed by atoms with Crippen molar-refractivity contribution in [2.45, 2.75) is 51.9 Å². The molecular formula is C22H31FN2O2. The molecule has 0 unspecified atom stereocenters. The molecule has 148 valence electrons. The molecule has 0 spiro atoms. The quantitative estimate of drug-likeness (QED) is 0.804. The number of halogens is 1. The number of hydrogen-bond acceptors (Lipinski definition) is 2. The number of rotatable bonds is 4. The Morgan fingerprint density at radius 1 is 1.07 bits per heavy atom. The molecule has 27 heavy (non-hydrogen) atoms. The zero-order valence-corrected chi connectivity index (χ0v) is 16.5. The van der Waals surface area contributed by atoms with Crippen LogP contribution in [0.1, 0.15) is 57.4 Å². The van der Waals surface area contributed by atoms with Crippen LogP contribution >= 0.6 is 0 Å². The van der Waals surface area contributed by atoms with E-state index in [-0.39, 0.29) is 29.5 Å². The average Bonchev–Trinajstić information content (AvgIpc) is 2.68. The first-order chi connectivity index (χ1) is 12.9. The zero-order chi connectivity index (χ0) is 19.4. The SMILES string of the molecule is C[C@H]1CCCN(C(=O)C2CCN(C(=O)C[C@H](C)c3ccc(F)cc3)CC2)C1. The third-order valence-corrected chi connectivity index (χ3v) is 6.09. The maximum atomic E-state index is 13.1. The van der Waals surface area contributed by atoms with E-state index in [1.807, 2.05) is 16.7 Å². The lowest BCUT2D eigenvalue weighted by Gasteiger charge is -2.37. The number of carbonyl (C=O) groups excluding carboxylic acids is 2. The molecule has 2 aliphatic rings. The minimum absolute atomic E-state index is 0.0623. The number of hydrogen-bond donors (Lipinski definition) is 0. The molecule has 4 nitrogen and oxygen atoms in total. The van der Waals surface area contributed by atoms with E-state index >= 15 is 0 Å². The third kappa shape index (κ3) is 5.08. The molecule has 0 N–H and O–H groups in total. The number of amides is 2. The van der Waals surface area contributed by atoms with Crippen molar-refractivity contribution in [3.63, 3.8) is 0 Å². The predicted molar refractivity (Wildman–Crippen MR) is 104 cm³/mol. The monoisotopic (exact) mass is 374 g/mol. The standard InChI is InChI=1S/C22H31FN2O2/c1-16-4-3-11-25(15-16)22(27)19-9-12-24(13-10-19)21(26)14-17(2)18-5-7-20(23)8-6-18/h5-8,16-17,19H,3-4,9-15H2,1-2H3/t16-,17-/m0/s1. The number of piperidine rings is 2. The van der Waals surface area contributed by atoms with Gasteiger partial charge in [0.05, 0.1) is 0 Å². The van der Waals surface area contributed by atoms with Crippen molar-refractivity contribution in [2.24, 2.45) is 11.8 Å². The van der Waals surface area contributed by atoms with Gasteiger partial charge in [0, 0.05) is 38.5 Å². The second-order valence-corrected chi connectivity index (χ2v) is 8.34. The molecule has 2 atom stereocenters. The van der Waals surface area contributed by atoms with Gasteiger partial charge in [0.2, 0.25) is 11.8 Å². The van der Waals surface area contributed by atoms with Crippen molar-refractivity contribution < 1.29 is 14.0 Å². The Labute approximate surface area is 161 Å². The first-order valence-electron chi connectivity index (χ1n) is 10.3. The number of carbonyl (C=O) groups is 2. The number of nitrogens with zero attached hydrogens (tertiary/aromatic N) is 2. The summed E-state index contributed by atoms with van der Waals surface area (Å²) < 4.78 is 13.1. The fraction of sp³-hybridized carbons (Fsp3) is 0.636. The van der Waals surface area contributed by atoms with Crippen molar-refractivity contribution in [3.8, 4) is 0 Å². The third-order valence-electron chi connectivity index (χ3n) is 6.09. The van der Waals surface area contributed by atoms with E-state index in [1.165, 1.54) is 18.6 Å². The minimum atomic E-state index is -0.257. The van der Waals surface area contributed by atoms with Crippen molar-refractivity contribution in [1.29, 1.82) is 0 Å². The number of likely N-dealkylation sites (tertiary alicyclic amines) is 2. The van der Waals surface area contributed by atoms with Gasteiger partial charge in [-0.05, 0) is 55.2 Å². The molecule has 2 saturated heterocycles. The molecule has 0 saturated carbocycles. The van der Waals surface area contributed by atoms with Gasteiger partial charge in [-0.25, -0.2) is 4.39 Å². The van der Waals surface area contributed by atoms with Gasteiger partial charge in [0.1, 0.15) is 5.82 Å².